The number of hydrogen-bond acceptors (Lipinski definition) is 4. The molecule has 0 aliphatic carbocycles. The van der Waals surface area contributed by atoms with Gasteiger partial charge in [-0.3, -0.25) is 4.79 Å². The Hall–Kier alpha value is -1.24. The summed E-state index contributed by atoms with van der Waals surface area (Å²) in [6, 6.07) is 3.74. The van der Waals surface area contributed by atoms with E-state index >= 15 is 0 Å². The molecule has 112 valence electrons. The molecule has 0 radical (unpaired) electrons. The van der Waals surface area contributed by atoms with Crippen LogP contribution in [0.15, 0.2) is 29.3 Å². The van der Waals surface area contributed by atoms with Crippen LogP contribution >= 0.6 is 28.3 Å². The predicted molar refractivity (Wildman–Crippen MR) is 84.5 cm³/mol. The highest BCUT2D eigenvalue weighted by molar-refractivity contribution is 9.10. The van der Waals surface area contributed by atoms with E-state index in [9.17, 15) is 4.79 Å². The summed E-state index contributed by atoms with van der Waals surface area (Å²) >= 11 is 3.39. The smallest absolute Gasteiger partial charge is 0.255 e. The fraction of sp³-hybridized carbons (Fsp3) is 0.308. The molecule has 0 atom stereocenters. The summed E-state index contributed by atoms with van der Waals surface area (Å²) in [5.74, 6) is 0.477. The molecule has 0 spiro atoms. The van der Waals surface area contributed by atoms with E-state index in [1.165, 1.54) is 0 Å². The van der Waals surface area contributed by atoms with Gasteiger partial charge in [-0.2, -0.15) is 0 Å². The maximum atomic E-state index is 10.7. The van der Waals surface area contributed by atoms with Crippen LogP contribution in [0.4, 0.5) is 0 Å². The highest BCUT2D eigenvalue weighted by Crippen LogP contribution is 2.36. The molecule has 0 saturated carbocycles. The Kier molecular flexibility index (Phi) is 9.03. The summed E-state index contributed by atoms with van der Waals surface area (Å²) in [5.41, 5.74) is 6.08. The molecular weight excluding hydrogens is 348 g/mol. The van der Waals surface area contributed by atoms with Crippen molar-refractivity contribution in [2.75, 3.05) is 20.3 Å². The van der Waals surface area contributed by atoms with E-state index in [4.69, 9.17) is 15.2 Å². The van der Waals surface area contributed by atoms with Crippen molar-refractivity contribution in [3.63, 3.8) is 0 Å². The molecule has 5 nitrogen and oxygen atoms in total. The fourth-order valence-corrected chi connectivity index (χ4v) is 2.08. The summed E-state index contributed by atoms with van der Waals surface area (Å²) in [7, 11) is 1.54. The molecule has 1 aromatic carbocycles. The van der Waals surface area contributed by atoms with Crippen molar-refractivity contribution in [3.8, 4) is 11.5 Å². The molecule has 0 fully saturated rings. The van der Waals surface area contributed by atoms with E-state index in [0.717, 1.165) is 12.1 Å². The van der Waals surface area contributed by atoms with E-state index in [-0.39, 0.29) is 19.0 Å². The molecule has 20 heavy (non-hydrogen) atoms. The van der Waals surface area contributed by atoms with Crippen LogP contribution < -0.4 is 20.5 Å². The van der Waals surface area contributed by atoms with Gasteiger partial charge in [0.15, 0.2) is 18.1 Å². The number of benzene rings is 1. The predicted octanol–water partition coefficient (Wildman–Crippen LogP) is 2.02. The van der Waals surface area contributed by atoms with Gasteiger partial charge in [0.2, 0.25) is 0 Å². The van der Waals surface area contributed by atoms with Crippen LogP contribution in [-0.4, -0.2) is 26.2 Å². The molecule has 0 aliphatic heterocycles. The van der Waals surface area contributed by atoms with Crippen LogP contribution in [0.1, 0.15) is 5.56 Å². The Bertz CT molecular complexity index is 469. The lowest BCUT2D eigenvalue weighted by Crippen LogP contribution is -2.20. The van der Waals surface area contributed by atoms with Crippen LogP contribution in [0.5, 0.6) is 11.5 Å². The Morgan fingerprint density at radius 1 is 1.55 bits per heavy atom. The summed E-state index contributed by atoms with van der Waals surface area (Å²) in [6.07, 6.45) is 1.79. The standard InChI is InChI=1S/C13H17BrN2O3.ClH/c1-3-4-16-7-9-5-10(14)13(11(6-9)18-2)19-8-12(15)17;/h3,5-6,16H,1,4,7-8H2,2H3,(H2,15,17);1H. The number of halogens is 2. The molecule has 1 aromatic rings. The average molecular weight is 366 g/mol. The third-order valence-electron chi connectivity index (χ3n) is 2.27. The van der Waals surface area contributed by atoms with Crippen molar-refractivity contribution in [1.29, 1.82) is 0 Å². The largest absolute Gasteiger partial charge is 0.493 e. The van der Waals surface area contributed by atoms with Gasteiger partial charge in [-0.1, -0.05) is 6.08 Å². The van der Waals surface area contributed by atoms with Gasteiger partial charge in [0.1, 0.15) is 0 Å². The van der Waals surface area contributed by atoms with Crippen LogP contribution in [0, 0.1) is 0 Å². The second-order valence-electron chi connectivity index (χ2n) is 3.78. The van der Waals surface area contributed by atoms with E-state index in [2.05, 4.69) is 27.8 Å². The van der Waals surface area contributed by atoms with Crippen molar-refractivity contribution in [1.82, 2.24) is 5.32 Å². The first-order chi connectivity index (χ1) is 9.08. The minimum absolute atomic E-state index is 0. The Morgan fingerprint density at radius 3 is 2.80 bits per heavy atom. The first kappa shape index (κ1) is 18.8. The lowest BCUT2D eigenvalue weighted by molar-refractivity contribution is -0.119. The second-order valence-corrected chi connectivity index (χ2v) is 4.64. The average Bonchev–Trinajstić information content (AvgIpc) is 2.37. The van der Waals surface area contributed by atoms with E-state index in [1.807, 2.05) is 12.1 Å². The third-order valence-corrected chi connectivity index (χ3v) is 2.85. The fourth-order valence-electron chi connectivity index (χ4n) is 1.48. The van der Waals surface area contributed by atoms with E-state index < -0.39 is 5.91 Å². The van der Waals surface area contributed by atoms with Gasteiger partial charge < -0.3 is 20.5 Å². The van der Waals surface area contributed by atoms with E-state index in [1.54, 1.807) is 13.2 Å². The number of hydrogen-bond donors (Lipinski definition) is 2. The van der Waals surface area contributed by atoms with E-state index in [0.29, 0.717) is 22.5 Å². The number of carbonyl (C=O) groups excluding carboxylic acids is 1. The van der Waals surface area contributed by atoms with Crippen molar-refractivity contribution >= 4 is 34.2 Å². The molecule has 1 rings (SSSR count). The summed E-state index contributed by atoms with van der Waals surface area (Å²) in [4.78, 5) is 10.7. The van der Waals surface area contributed by atoms with Gasteiger partial charge in [0.25, 0.3) is 5.91 Å². The van der Waals surface area contributed by atoms with Gasteiger partial charge in [0.05, 0.1) is 11.6 Å². The number of amides is 1. The van der Waals surface area contributed by atoms with Crippen molar-refractivity contribution in [2.45, 2.75) is 6.54 Å². The lowest BCUT2D eigenvalue weighted by Gasteiger charge is -2.13. The summed E-state index contributed by atoms with van der Waals surface area (Å²) in [6.45, 7) is 4.85. The molecule has 0 saturated heterocycles. The summed E-state index contributed by atoms with van der Waals surface area (Å²) in [5, 5.41) is 3.19. The zero-order valence-corrected chi connectivity index (χ0v) is 13.6. The van der Waals surface area contributed by atoms with Crippen LogP contribution in [-0.2, 0) is 11.3 Å². The molecule has 7 heteroatoms. The number of nitrogens with one attached hydrogen (secondary N) is 1. The second kappa shape index (κ2) is 9.63. The minimum Gasteiger partial charge on any atom is -0.493 e. The van der Waals surface area contributed by atoms with Crippen LogP contribution in [0.2, 0.25) is 0 Å². The maximum Gasteiger partial charge on any atom is 0.255 e. The van der Waals surface area contributed by atoms with Gasteiger partial charge in [-0.05, 0) is 33.6 Å². The quantitative estimate of drug-likeness (QED) is 0.546. The number of carbonyl (C=O) groups is 1. The molecule has 0 unspecified atom stereocenters. The van der Waals surface area contributed by atoms with Gasteiger partial charge in [-0.25, -0.2) is 0 Å². The molecule has 0 heterocycles. The molecule has 0 aromatic heterocycles. The molecular formula is C13H18BrClN2O3. The van der Waals surface area contributed by atoms with Gasteiger partial charge in [-0.15, -0.1) is 19.0 Å². The van der Waals surface area contributed by atoms with Gasteiger partial charge in [0, 0.05) is 13.1 Å². The monoisotopic (exact) mass is 364 g/mol. The van der Waals surface area contributed by atoms with Crippen molar-refractivity contribution < 1.29 is 14.3 Å². The number of nitrogens with two attached hydrogens (primary N) is 1. The van der Waals surface area contributed by atoms with Crippen molar-refractivity contribution in [2.24, 2.45) is 5.73 Å². The number of primary amides is 1. The highest BCUT2D eigenvalue weighted by atomic mass is 79.9. The Labute approximate surface area is 133 Å². The number of methoxy groups -OCH3 is 1. The SMILES string of the molecule is C=CCNCc1cc(Br)c(OCC(N)=O)c(OC)c1.Cl. The Morgan fingerprint density at radius 2 is 2.25 bits per heavy atom. The molecule has 0 bridgehead atoms. The molecule has 1 amide bonds. The first-order valence-corrected chi connectivity index (χ1v) is 6.47. The topological polar surface area (TPSA) is 73.6 Å². The van der Waals surface area contributed by atoms with Crippen LogP contribution in [0.3, 0.4) is 0 Å². The Balaban J connectivity index is 0.00000361. The van der Waals surface area contributed by atoms with Crippen LogP contribution in [0.25, 0.3) is 0 Å². The minimum atomic E-state index is -0.536. The normalized spacial score (nSPS) is 9.50. The molecule has 0 aliphatic rings. The van der Waals surface area contributed by atoms with Crippen molar-refractivity contribution in [3.05, 3.63) is 34.8 Å². The van der Waals surface area contributed by atoms with Gasteiger partial charge >= 0.3 is 0 Å². The highest BCUT2D eigenvalue weighted by Gasteiger charge is 2.12. The zero-order chi connectivity index (χ0) is 14.3. The maximum absolute atomic E-state index is 10.7. The third kappa shape index (κ3) is 5.81. The number of rotatable bonds is 8. The summed E-state index contributed by atoms with van der Waals surface area (Å²) < 4.78 is 11.3. The lowest BCUT2D eigenvalue weighted by atomic mass is 10.2. The number of ether oxygens (including phenoxy) is 2. The first-order valence-electron chi connectivity index (χ1n) is 5.67. The zero-order valence-electron chi connectivity index (χ0n) is 11.1. The molecule has 3 N–H and O–H groups in total.